The molecule has 1 fully saturated rings. The summed E-state index contributed by atoms with van der Waals surface area (Å²) in [7, 11) is 3.34. The Balaban J connectivity index is 1.86. The molecule has 1 aliphatic heterocycles. The Kier molecular flexibility index (Phi) is 5.30. The molecular weight excluding hydrogens is 270 g/mol. The van der Waals surface area contributed by atoms with E-state index in [1.807, 2.05) is 6.07 Å². The third-order valence-corrected chi connectivity index (χ3v) is 3.31. The molecule has 0 aromatic carbocycles. The van der Waals surface area contributed by atoms with E-state index in [2.05, 4.69) is 35.4 Å². The van der Waals surface area contributed by atoms with Gasteiger partial charge in [0.2, 0.25) is 11.9 Å². The summed E-state index contributed by atoms with van der Waals surface area (Å²) < 4.78 is 0. The third kappa shape index (κ3) is 4.04. The minimum Gasteiger partial charge on any atom is -0.358 e. The van der Waals surface area contributed by atoms with E-state index in [-0.39, 0.29) is 12.5 Å². The van der Waals surface area contributed by atoms with E-state index in [9.17, 15) is 4.79 Å². The number of rotatable bonds is 3. The van der Waals surface area contributed by atoms with E-state index in [0.717, 1.165) is 38.1 Å². The second-order valence-electron chi connectivity index (χ2n) is 4.60. The number of guanidine groups is 1. The zero-order valence-electron chi connectivity index (χ0n) is 12.4. The molecule has 1 aromatic heterocycles. The summed E-state index contributed by atoms with van der Waals surface area (Å²) in [5.74, 6) is 1.44. The first-order valence-corrected chi connectivity index (χ1v) is 6.92. The summed E-state index contributed by atoms with van der Waals surface area (Å²) in [6.07, 6.45) is 3.50. The Hall–Kier alpha value is -2.38. The normalized spacial score (nSPS) is 15.8. The average molecular weight is 291 g/mol. The zero-order chi connectivity index (χ0) is 15.1. The smallest absolute Gasteiger partial charge is 0.239 e. The van der Waals surface area contributed by atoms with Crippen molar-refractivity contribution < 1.29 is 4.79 Å². The number of piperazine rings is 1. The standard InChI is InChI=1S/C13H21N7O/c1-14-11(21)10-18-12(15-2)19-6-8-20(9-7-19)13-16-4-3-5-17-13/h3-5H,6-10H2,1-2H3,(H,14,21)(H,15,18). The maximum atomic E-state index is 11.3. The van der Waals surface area contributed by atoms with Crippen LogP contribution in [0.3, 0.4) is 0 Å². The summed E-state index contributed by atoms with van der Waals surface area (Å²) in [6.45, 7) is 3.50. The van der Waals surface area contributed by atoms with Crippen molar-refractivity contribution in [2.45, 2.75) is 0 Å². The second kappa shape index (κ2) is 7.41. The SMILES string of the molecule is CN=C(NCC(=O)NC)N1CCN(c2ncccn2)CC1. The van der Waals surface area contributed by atoms with Gasteiger partial charge in [-0.25, -0.2) is 9.97 Å². The lowest BCUT2D eigenvalue weighted by atomic mass is 10.3. The lowest BCUT2D eigenvalue weighted by Crippen LogP contribution is -2.53. The molecule has 2 rings (SSSR count). The molecule has 21 heavy (non-hydrogen) atoms. The van der Waals surface area contributed by atoms with Gasteiger partial charge in [0.15, 0.2) is 5.96 Å². The van der Waals surface area contributed by atoms with Crippen LogP contribution >= 0.6 is 0 Å². The molecule has 2 heterocycles. The fourth-order valence-electron chi connectivity index (χ4n) is 2.15. The monoisotopic (exact) mass is 291 g/mol. The lowest BCUT2D eigenvalue weighted by Gasteiger charge is -2.36. The predicted octanol–water partition coefficient (Wildman–Crippen LogP) is -1.08. The van der Waals surface area contributed by atoms with Gasteiger partial charge in [0, 0.05) is 52.7 Å². The van der Waals surface area contributed by atoms with Gasteiger partial charge >= 0.3 is 0 Å². The summed E-state index contributed by atoms with van der Waals surface area (Å²) >= 11 is 0. The number of hydrogen-bond donors (Lipinski definition) is 2. The molecule has 114 valence electrons. The predicted molar refractivity (Wildman–Crippen MR) is 81.2 cm³/mol. The summed E-state index contributed by atoms with van der Waals surface area (Å²) in [4.78, 5) is 28.3. The van der Waals surface area contributed by atoms with Crippen LogP contribution in [-0.4, -0.2) is 73.6 Å². The van der Waals surface area contributed by atoms with Crippen LogP contribution in [-0.2, 0) is 4.79 Å². The summed E-state index contributed by atoms with van der Waals surface area (Å²) in [5, 5.41) is 5.63. The number of nitrogens with zero attached hydrogens (tertiary/aromatic N) is 5. The average Bonchev–Trinajstić information content (AvgIpc) is 2.56. The van der Waals surface area contributed by atoms with E-state index >= 15 is 0 Å². The first-order valence-electron chi connectivity index (χ1n) is 6.92. The Labute approximate surface area is 124 Å². The van der Waals surface area contributed by atoms with Crippen LogP contribution in [0.5, 0.6) is 0 Å². The van der Waals surface area contributed by atoms with Gasteiger partial charge in [0.05, 0.1) is 6.54 Å². The number of nitrogens with one attached hydrogen (secondary N) is 2. The largest absolute Gasteiger partial charge is 0.358 e. The number of amides is 1. The van der Waals surface area contributed by atoms with Crippen LogP contribution in [0.2, 0.25) is 0 Å². The molecule has 8 nitrogen and oxygen atoms in total. The summed E-state index contributed by atoms with van der Waals surface area (Å²) in [5.41, 5.74) is 0. The first-order chi connectivity index (χ1) is 10.2. The van der Waals surface area contributed by atoms with Crippen LogP contribution in [0.1, 0.15) is 0 Å². The van der Waals surface area contributed by atoms with Gasteiger partial charge < -0.3 is 20.4 Å². The molecular formula is C13H21N7O. The number of carbonyl (C=O) groups is 1. The number of carbonyl (C=O) groups excluding carboxylic acids is 1. The minimum atomic E-state index is -0.0625. The number of aliphatic imine (C=N–C) groups is 1. The molecule has 1 aromatic rings. The fraction of sp³-hybridized carbons (Fsp3) is 0.538. The quantitative estimate of drug-likeness (QED) is 0.544. The highest BCUT2D eigenvalue weighted by molar-refractivity contribution is 5.86. The van der Waals surface area contributed by atoms with Crippen LogP contribution in [0.4, 0.5) is 5.95 Å². The topological polar surface area (TPSA) is 85.8 Å². The molecule has 0 aliphatic carbocycles. The minimum absolute atomic E-state index is 0.0625. The van der Waals surface area contributed by atoms with Gasteiger partial charge in [-0.3, -0.25) is 9.79 Å². The molecule has 0 atom stereocenters. The van der Waals surface area contributed by atoms with Crippen molar-refractivity contribution >= 4 is 17.8 Å². The Morgan fingerprint density at radius 2 is 1.95 bits per heavy atom. The number of likely N-dealkylation sites (N-methyl/N-ethyl adjacent to an activating group) is 1. The highest BCUT2D eigenvalue weighted by Crippen LogP contribution is 2.09. The van der Waals surface area contributed by atoms with Gasteiger partial charge in [-0.05, 0) is 6.07 Å². The molecule has 0 saturated carbocycles. The molecule has 1 amide bonds. The molecule has 0 bridgehead atoms. The van der Waals surface area contributed by atoms with Crippen molar-refractivity contribution in [2.24, 2.45) is 4.99 Å². The fourth-order valence-corrected chi connectivity index (χ4v) is 2.15. The Morgan fingerprint density at radius 1 is 1.29 bits per heavy atom. The van der Waals surface area contributed by atoms with Crippen LogP contribution in [0.15, 0.2) is 23.5 Å². The highest BCUT2D eigenvalue weighted by Gasteiger charge is 2.21. The molecule has 8 heteroatoms. The molecule has 0 radical (unpaired) electrons. The van der Waals surface area contributed by atoms with Crippen molar-refractivity contribution in [3.8, 4) is 0 Å². The maximum Gasteiger partial charge on any atom is 0.239 e. The van der Waals surface area contributed by atoms with Crippen LogP contribution in [0, 0.1) is 0 Å². The Bertz CT molecular complexity index is 483. The van der Waals surface area contributed by atoms with Crippen molar-refractivity contribution in [3.05, 3.63) is 18.5 Å². The summed E-state index contributed by atoms with van der Waals surface area (Å²) in [6, 6.07) is 1.81. The second-order valence-corrected chi connectivity index (χ2v) is 4.60. The molecule has 0 unspecified atom stereocenters. The van der Waals surface area contributed by atoms with Crippen molar-refractivity contribution in [2.75, 3.05) is 51.7 Å². The van der Waals surface area contributed by atoms with Gasteiger partial charge in [-0.1, -0.05) is 0 Å². The highest BCUT2D eigenvalue weighted by atomic mass is 16.1. The van der Waals surface area contributed by atoms with E-state index < -0.39 is 0 Å². The molecule has 1 aliphatic rings. The van der Waals surface area contributed by atoms with Gasteiger partial charge in [0.1, 0.15) is 0 Å². The van der Waals surface area contributed by atoms with Crippen molar-refractivity contribution in [1.29, 1.82) is 0 Å². The van der Waals surface area contributed by atoms with Crippen molar-refractivity contribution in [1.82, 2.24) is 25.5 Å². The zero-order valence-corrected chi connectivity index (χ0v) is 12.4. The van der Waals surface area contributed by atoms with Crippen LogP contribution in [0.25, 0.3) is 0 Å². The number of aromatic nitrogens is 2. The van der Waals surface area contributed by atoms with Gasteiger partial charge in [-0.15, -0.1) is 0 Å². The molecule has 0 spiro atoms. The van der Waals surface area contributed by atoms with E-state index in [4.69, 9.17) is 0 Å². The number of anilines is 1. The van der Waals surface area contributed by atoms with E-state index in [0.29, 0.717) is 0 Å². The molecule has 1 saturated heterocycles. The van der Waals surface area contributed by atoms with E-state index in [1.54, 1.807) is 26.5 Å². The first kappa shape index (κ1) is 15.0. The molecule has 2 N–H and O–H groups in total. The third-order valence-electron chi connectivity index (χ3n) is 3.31. The van der Waals surface area contributed by atoms with E-state index in [1.165, 1.54) is 0 Å². The Morgan fingerprint density at radius 3 is 2.52 bits per heavy atom. The van der Waals surface area contributed by atoms with Gasteiger partial charge in [-0.2, -0.15) is 0 Å². The number of hydrogen-bond acceptors (Lipinski definition) is 5. The van der Waals surface area contributed by atoms with Crippen LogP contribution < -0.4 is 15.5 Å². The maximum absolute atomic E-state index is 11.3. The lowest BCUT2D eigenvalue weighted by molar-refractivity contribution is -0.119. The van der Waals surface area contributed by atoms with Crippen molar-refractivity contribution in [3.63, 3.8) is 0 Å². The van der Waals surface area contributed by atoms with Gasteiger partial charge in [0.25, 0.3) is 0 Å².